The van der Waals surface area contributed by atoms with Crippen LogP contribution >= 0.6 is 0 Å². The molecule has 138 valence electrons. The Morgan fingerprint density at radius 2 is 2.04 bits per heavy atom. The number of nitrogens with zero attached hydrogens (tertiary/aromatic N) is 3. The number of hydrogen-bond donors (Lipinski definition) is 2. The van der Waals surface area contributed by atoms with E-state index in [1.165, 1.54) is 0 Å². The zero-order chi connectivity index (χ0) is 18.1. The van der Waals surface area contributed by atoms with E-state index in [0.29, 0.717) is 5.92 Å². The maximum absolute atomic E-state index is 12.6. The number of aromatic amines is 1. The molecule has 3 heterocycles. The van der Waals surface area contributed by atoms with Crippen LogP contribution in [-0.2, 0) is 10.0 Å². The number of imidazole rings is 1. The molecule has 0 bridgehead atoms. The monoisotopic (exact) mass is 373 g/mol. The van der Waals surface area contributed by atoms with Gasteiger partial charge < -0.3 is 4.98 Å². The topological polar surface area (TPSA) is 92.2 Å². The average molecular weight is 373 g/mol. The third-order valence-corrected chi connectivity index (χ3v) is 8.57. The van der Waals surface area contributed by atoms with Crippen molar-refractivity contribution in [2.24, 2.45) is 5.92 Å². The summed E-state index contributed by atoms with van der Waals surface area (Å²) in [6.07, 6.45) is 8.70. The first-order valence-corrected chi connectivity index (χ1v) is 10.7. The fourth-order valence-electron chi connectivity index (χ4n) is 4.27. The van der Waals surface area contributed by atoms with Crippen LogP contribution in [0.25, 0.3) is 16.7 Å². The van der Waals surface area contributed by atoms with Gasteiger partial charge in [0.1, 0.15) is 5.82 Å². The molecule has 0 aliphatic heterocycles. The Kier molecular flexibility index (Phi) is 3.31. The molecule has 3 atom stereocenters. The number of sulfonamides is 1. The molecule has 3 unspecified atom stereocenters. The number of rotatable bonds is 4. The first-order chi connectivity index (χ1) is 12.4. The summed E-state index contributed by atoms with van der Waals surface area (Å²) in [5, 5.41) is 0. The van der Waals surface area contributed by atoms with E-state index in [2.05, 4.69) is 31.0 Å². The quantitative estimate of drug-likeness (QED) is 0.735. The van der Waals surface area contributed by atoms with E-state index in [9.17, 15) is 8.42 Å². The Bertz CT molecular complexity index is 1100. The van der Waals surface area contributed by atoms with Crippen LogP contribution in [0.5, 0.6) is 0 Å². The van der Waals surface area contributed by atoms with Gasteiger partial charge in [0.25, 0.3) is 0 Å². The van der Waals surface area contributed by atoms with Crippen LogP contribution in [-0.4, -0.2) is 38.6 Å². The van der Waals surface area contributed by atoms with Crippen molar-refractivity contribution in [3.05, 3.63) is 30.5 Å². The van der Waals surface area contributed by atoms with Crippen molar-refractivity contribution in [2.75, 3.05) is 0 Å². The normalized spacial score (nSPS) is 28.2. The number of nitrogens with one attached hydrogen (secondary N) is 2. The maximum Gasteiger partial charge on any atom is 0.217 e. The molecule has 0 amide bonds. The van der Waals surface area contributed by atoms with Crippen molar-refractivity contribution in [3.8, 4) is 0 Å². The molecule has 0 aromatic carbocycles. The minimum atomic E-state index is -3.25. The summed E-state index contributed by atoms with van der Waals surface area (Å²) in [6.45, 7) is 4.03. The second kappa shape index (κ2) is 5.29. The lowest BCUT2D eigenvalue weighted by molar-refractivity contribution is 0.507. The molecular weight excluding hydrogens is 350 g/mol. The van der Waals surface area contributed by atoms with E-state index in [1.54, 1.807) is 0 Å². The first-order valence-electron chi connectivity index (χ1n) is 9.19. The van der Waals surface area contributed by atoms with Crippen LogP contribution in [0.15, 0.2) is 24.7 Å². The van der Waals surface area contributed by atoms with Crippen LogP contribution in [0.2, 0.25) is 0 Å². The van der Waals surface area contributed by atoms with Crippen molar-refractivity contribution in [2.45, 2.75) is 56.2 Å². The zero-order valence-electron chi connectivity index (χ0n) is 14.9. The Balaban J connectivity index is 1.48. The number of hydrogen-bond acceptors (Lipinski definition) is 4. The SMILES string of the molecule is CC1CC(NS(=O)(=O)C2(C)CC2)CC1c1ncc2cnc3[nH]ccc3n12. The standard InChI is InChI=1S/C18H23N5O2S/c1-11-7-12(22-26(24,25)18(2)4-5-18)8-14(11)17-21-10-13-9-20-16-15(23(13)17)3-6-19-16/h3,6,9-12,14,19,22H,4-5,7-8H2,1-2H3. The summed E-state index contributed by atoms with van der Waals surface area (Å²) in [6, 6.07) is 1.99. The molecule has 7 nitrogen and oxygen atoms in total. The summed E-state index contributed by atoms with van der Waals surface area (Å²) in [4.78, 5) is 12.2. The number of H-pyrrole nitrogens is 1. The van der Waals surface area contributed by atoms with Gasteiger partial charge >= 0.3 is 0 Å². The van der Waals surface area contributed by atoms with Crippen LogP contribution in [0.4, 0.5) is 0 Å². The minimum absolute atomic E-state index is 0.0201. The molecule has 2 saturated carbocycles. The smallest absolute Gasteiger partial charge is 0.217 e. The Hall–Kier alpha value is -1.93. The fourth-order valence-corrected chi connectivity index (χ4v) is 5.83. The van der Waals surface area contributed by atoms with Gasteiger partial charge in [0.05, 0.1) is 28.2 Å². The lowest BCUT2D eigenvalue weighted by atomic mass is 9.97. The lowest BCUT2D eigenvalue weighted by Gasteiger charge is -2.17. The summed E-state index contributed by atoms with van der Waals surface area (Å²) in [7, 11) is -3.25. The average Bonchev–Trinajstić information content (AvgIpc) is 2.97. The second-order valence-electron chi connectivity index (χ2n) is 8.17. The van der Waals surface area contributed by atoms with E-state index in [1.807, 2.05) is 31.6 Å². The molecule has 2 fully saturated rings. The van der Waals surface area contributed by atoms with E-state index < -0.39 is 14.8 Å². The number of aromatic nitrogens is 4. The summed E-state index contributed by atoms with van der Waals surface area (Å²) >= 11 is 0. The highest BCUT2D eigenvalue weighted by Crippen LogP contribution is 2.44. The summed E-state index contributed by atoms with van der Waals surface area (Å²) in [5.41, 5.74) is 2.81. The Labute approximate surface area is 152 Å². The molecule has 3 aromatic heterocycles. The highest BCUT2D eigenvalue weighted by Gasteiger charge is 2.51. The van der Waals surface area contributed by atoms with Gasteiger partial charge in [-0.15, -0.1) is 0 Å². The van der Waals surface area contributed by atoms with Gasteiger partial charge in [-0.2, -0.15) is 0 Å². The van der Waals surface area contributed by atoms with Gasteiger partial charge in [-0.1, -0.05) is 6.92 Å². The molecule has 0 spiro atoms. The van der Waals surface area contributed by atoms with E-state index in [0.717, 1.165) is 48.2 Å². The van der Waals surface area contributed by atoms with Gasteiger partial charge in [-0.3, -0.25) is 4.40 Å². The molecule has 26 heavy (non-hydrogen) atoms. The van der Waals surface area contributed by atoms with Crippen molar-refractivity contribution < 1.29 is 8.42 Å². The van der Waals surface area contributed by atoms with Gasteiger partial charge in [-0.05, 0) is 44.6 Å². The third-order valence-electron chi connectivity index (χ3n) is 6.23. The van der Waals surface area contributed by atoms with Crippen LogP contribution in [0.3, 0.4) is 0 Å². The first kappa shape index (κ1) is 16.3. The van der Waals surface area contributed by atoms with Crippen molar-refractivity contribution in [1.82, 2.24) is 24.1 Å². The van der Waals surface area contributed by atoms with Crippen molar-refractivity contribution >= 4 is 26.7 Å². The predicted molar refractivity (Wildman–Crippen MR) is 99.5 cm³/mol. The maximum atomic E-state index is 12.6. The van der Waals surface area contributed by atoms with E-state index >= 15 is 0 Å². The van der Waals surface area contributed by atoms with E-state index in [-0.39, 0.29) is 12.0 Å². The van der Waals surface area contributed by atoms with E-state index in [4.69, 9.17) is 0 Å². The zero-order valence-corrected chi connectivity index (χ0v) is 15.8. The highest BCUT2D eigenvalue weighted by molar-refractivity contribution is 7.91. The number of fused-ring (bicyclic) bond motifs is 3. The minimum Gasteiger partial charge on any atom is -0.345 e. The third kappa shape index (κ3) is 2.31. The molecule has 2 aliphatic rings. The summed E-state index contributed by atoms with van der Waals surface area (Å²) < 4.78 is 29.7. The van der Waals surface area contributed by atoms with Gasteiger partial charge in [-0.25, -0.2) is 23.1 Å². The molecule has 8 heteroatoms. The fraction of sp³-hybridized carbons (Fsp3) is 0.556. The molecule has 2 aliphatic carbocycles. The molecule has 3 aromatic rings. The van der Waals surface area contributed by atoms with Crippen LogP contribution in [0, 0.1) is 5.92 Å². The second-order valence-corrected chi connectivity index (χ2v) is 10.4. The molecule has 2 N–H and O–H groups in total. The predicted octanol–water partition coefficient (Wildman–Crippen LogP) is 2.56. The van der Waals surface area contributed by atoms with Crippen molar-refractivity contribution in [3.63, 3.8) is 0 Å². The van der Waals surface area contributed by atoms with Gasteiger partial charge in [0.15, 0.2) is 5.65 Å². The van der Waals surface area contributed by atoms with Crippen molar-refractivity contribution in [1.29, 1.82) is 0 Å². The Morgan fingerprint density at radius 3 is 2.81 bits per heavy atom. The molecule has 0 radical (unpaired) electrons. The van der Waals surface area contributed by atoms with Crippen LogP contribution in [0.1, 0.15) is 51.3 Å². The highest BCUT2D eigenvalue weighted by atomic mass is 32.2. The Morgan fingerprint density at radius 1 is 1.27 bits per heavy atom. The summed E-state index contributed by atoms with van der Waals surface area (Å²) in [5.74, 6) is 1.58. The van der Waals surface area contributed by atoms with Crippen LogP contribution < -0.4 is 4.72 Å². The molecule has 0 saturated heterocycles. The molecular formula is C18H23N5O2S. The lowest BCUT2D eigenvalue weighted by Crippen LogP contribution is -2.40. The van der Waals surface area contributed by atoms with Gasteiger partial charge in [0, 0.05) is 18.2 Å². The van der Waals surface area contributed by atoms with Gasteiger partial charge in [0.2, 0.25) is 10.0 Å². The molecule has 5 rings (SSSR count). The largest absolute Gasteiger partial charge is 0.345 e.